The van der Waals surface area contributed by atoms with E-state index in [0.29, 0.717) is 12.6 Å². The Hall–Kier alpha value is -2.44. The van der Waals surface area contributed by atoms with Crippen molar-refractivity contribution >= 4 is 23.2 Å². The van der Waals surface area contributed by atoms with Crippen LogP contribution in [0, 0.1) is 10.1 Å². The van der Waals surface area contributed by atoms with Gasteiger partial charge in [0.1, 0.15) is 5.56 Å². The molecule has 1 aliphatic rings. The third-order valence-electron chi connectivity index (χ3n) is 5.58. The smallest absolute Gasteiger partial charge is 0.283 e. The lowest BCUT2D eigenvalue weighted by Gasteiger charge is -2.31. The number of nitrogens with one attached hydrogen (secondary N) is 1. The van der Waals surface area contributed by atoms with Crippen LogP contribution in [0.25, 0.3) is 0 Å². The van der Waals surface area contributed by atoms with Crippen LogP contribution in [-0.4, -0.2) is 28.8 Å². The van der Waals surface area contributed by atoms with Crippen molar-refractivity contribution in [3.8, 4) is 0 Å². The minimum atomic E-state index is -0.589. The van der Waals surface area contributed by atoms with Gasteiger partial charge in [-0.1, -0.05) is 55.1 Å². The van der Waals surface area contributed by atoms with Gasteiger partial charge in [0.2, 0.25) is 0 Å². The number of nitro groups is 1. The summed E-state index contributed by atoms with van der Waals surface area (Å²) in [6, 6.07) is 12.7. The second-order valence-electron chi connectivity index (χ2n) is 7.58. The van der Waals surface area contributed by atoms with E-state index in [2.05, 4.69) is 23.3 Å². The molecule has 0 radical (unpaired) electrons. The molecule has 1 amide bonds. The van der Waals surface area contributed by atoms with E-state index < -0.39 is 10.8 Å². The molecule has 6 nitrogen and oxygen atoms in total. The molecule has 1 aliphatic carbocycles. The molecule has 154 valence electrons. The van der Waals surface area contributed by atoms with E-state index in [1.165, 1.54) is 50.3 Å². The maximum atomic E-state index is 12.6. The first kappa shape index (κ1) is 21.3. The van der Waals surface area contributed by atoms with Gasteiger partial charge in [-0.3, -0.25) is 19.8 Å². The number of hydrogen-bond acceptors (Lipinski definition) is 4. The van der Waals surface area contributed by atoms with Gasteiger partial charge < -0.3 is 5.32 Å². The minimum Gasteiger partial charge on any atom is -0.348 e. The van der Waals surface area contributed by atoms with Gasteiger partial charge in [-0.25, -0.2) is 0 Å². The summed E-state index contributed by atoms with van der Waals surface area (Å²) in [5, 5.41) is 14.3. The van der Waals surface area contributed by atoms with Crippen LogP contribution in [0.5, 0.6) is 0 Å². The Morgan fingerprint density at radius 2 is 1.86 bits per heavy atom. The fourth-order valence-electron chi connectivity index (χ4n) is 3.92. The fourth-order valence-corrected chi connectivity index (χ4v) is 4.09. The highest BCUT2D eigenvalue weighted by Crippen LogP contribution is 2.25. The second kappa shape index (κ2) is 9.85. The summed E-state index contributed by atoms with van der Waals surface area (Å²) >= 11 is 5.83. The summed E-state index contributed by atoms with van der Waals surface area (Å²) in [5.41, 5.74) is 1.89. The monoisotopic (exact) mass is 415 g/mol. The molecule has 29 heavy (non-hydrogen) atoms. The first-order chi connectivity index (χ1) is 14.0. The van der Waals surface area contributed by atoms with Gasteiger partial charge in [0.05, 0.1) is 4.92 Å². The predicted molar refractivity (Wildman–Crippen MR) is 114 cm³/mol. The van der Waals surface area contributed by atoms with Crippen LogP contribution in [0.15, 0.2) is 42.5 Å². The zero-order valence-corrected chi connectivity index (χ0v) is 17.3. The normalized spacial score (nSPS) is 14.7. The molecule has 2 aromatic carbocycles. The Kier molecular flexibility index (Phi) is 7.23. The second-order valence-corrected chi connectivity index (χ2v) is 8.01. The van der Waals surface area contributed by atoms with E-state index in [1.54, 1.807) is 0 Å². The Bertz CT molecular complexity index is 881. The van der Waals surface area contributed by atoms with Crippen LogP contribution in [0.3, 0.4) is 0 Å². The van der Waals surface area contributed by atoms with E-state index in [9.17, 15) is 14.9 Å². The lowest BCUT2D eigenvalue weighted by molar-refractivity contribution is -0.385. The predicted octanol–water partition coefficient (Wildman–Crippen LogP) is 4.94. The van der Waals surface area contributed by atoms with Crippen molar-refractivity contribution in [2.75, 3.05) is 7.05 Å². The number of carbonyl (C=O) groups excluding carboxylic acids is 1. The van der Waals surface area contributed by atoms with Crippen molar-refractivity contribution in [3.05, 3.63) is 74.3 Å². The van der Waals surface area contributed by atoms with Crippen molar-refractivity contribution in [1.82, 2.24) is 10.2 Å². The van der Waals surface area contributed by atoms with Crippen molar-refractivity contribution in [2.45, 2.75) is 51.2 Å². The van der Waals surface area contributed by atoms with Crippen LogP contribution in [0.4, 0.5) is 5.69 Å². The number of nitro benzene ring substituents is 1. The van der Waals surface area contributed by atoms with Gasteiger partial charge in [-0.15, -0.1) is 0 Å². The van der Waals surface area contributed by atoms with Crippen LogP contribution >= 0.6 is 11.6 Å². The number of benzene rings is 2. The van der Waals surface area contributed by atoms with Gasteiger partial charge in [0, 0.05) is 30.2 Å². The maximum Gasteiger partial charge on any atom is 0.283 e. The average Bonchev–Trinajstić information content (AvgIpc) is 2.73. The van der Waals surface area contributed by atoms with Gasteiger partial charge >= 0.3 is 0 Å². The molecule has 0 spiro atoms. The molecule has 2 aromatic rings. The van der Waals surface area contributed by atoms with Gasteiger partial charge in [-0.05, 0) is 43.1 Å². The Morgan fingerprint density at radius 3 is 2.55 bits per heavy atom. The number of amides is 1. The van der Waals surface area contributed by atoms with E-state index >= 15 is 0 Å². The zero-order chi connectivity index (χ0) is 20.8. The molecule has 1 fully saturated rings. The summed E-state index contributed by atoms with van der Waals surface area (Å²) in [7, 11) is 2.16. The van der Waals surface area contributed by atoms with Crippen molar-refractivity contribution in [2.24, 2.45) is 0 Å². The summed E-state index contributed by atoms with van der Waals surface area (Å²) < 4.78 is 0. The quantitative estimate of drug-likeness (QED) is 0.513. The Balaban J connectivity index is 1.68. The molecule has 0 unspecified atom stereocenters. The molecule has 1 N–H and O–H groups in total. The molecule has 0 aliphatic heterocycles. The summed E-state index contributed by atoms with van der Waals surface area (Å²) in [6.45, 7) is 1.13. The lowest BCUT2D eigenvalue weighted by Crippen LogP contribution is -2.33. The first-order valence-electron chi connectivity index (χ1n) is 9.95. The van der Waals surface area contributed by atoms with Crippen LogP contribution in [0.2, 0.25) is 5.02 Å². The molecular formula is C22H26ClN3O3. The number of rotatable bonds is 7. The Labute approximate surface area is 176 Å². The van der Waals surface area contributed by atoms with E-state index in [1.807, 2.05) is 18.2 Å². The summed E-state index contributed by atoms with van der Waals surface area (Å²) in [5.74, 6) is -0.483. The van der Waals surface area contributed by atoms with E-state index in [-0.39, 0.29) is 16.3 Å². The van der Waals surface area contributed by atoms with E-state index in [4.69, 9.17) is 11.6 Å². The molecule has 0 heterocycles. The third-order valence-corrected chi connectivity index (χ3v) is 5.81. The lowest BCUT2D eigenvalue weighted by atomic mass is 9.94. The summed E-state index contributed by atoms with van der Waals surface area (Å²) in [6.07, 6.45) is 6.36. The highest BCUT2D eigenvalue weighted by molar-refractivity contribution is 6.31. The molecule has 0 saturated heterocycles. The molecular weight excluding hydrogens is 390 g/mol. The van der Waals surface area contributed by atoms with Crippen LogP contribution < -0.4 is 5.32 Å². The number of hydrogen-bond donors (Lipinski definition) is 1. The van der Waals surface area contributed by atoms with Gasteiger partial charge in [0.25, 0.3) is 11.6 Å². The third kappa shape index (κ3) is 5.55. The van der Waals surface area contributed by atoms with Gasteiger partial charge in [0.15, 0.2) is 0 Å². The molecule has 3 rings (SSSR count). The molecule has 7 heteroatoms. The molecule has 0 atom stereocenters. The van der Waals surface area contributed by atoms with Crippen molar-refractivity contribution < 1.29 is 9.72 Å². The number of halogens is 1. The van der Waals surface area contributed by atoms with Crippen LogP contribution in [0.1, 0.15) is 53.6 Å². The summed E-state index contributed by atoms with van der Waals surface area (Å²) in [4.78, 5) is 25.6. The van der Waals surface area contributed by atoms with Gasteiger partial charge in [-0.2, -0.15) is 0 Å². The topological polar surface area (TPSA) is 75.5 Å². The highest BCUT2D eigenvalue weighted by Gasteiger charge is 2.21. The first-order valence-corrected chi connectivity index (χ1v) is 10.3. The molecule has 0 aromatic heterocycles. The fraction of sp³-hybridized carbons (Fsp3) is 0.409. The minimum absolute atomic E-state index is 0.0104. The SMILES string of the molecule is CN(Cc1ccccc1CNC(=O)c1ccc(Cl)cc1[N+](=O)[O-])C1CCCCC1. The van der Waals surface area contributed by atoms with E-state index in [0.717, 1.165) is 17.7 Å². The zero-order valence-electron chi connectivity index (χ0n) is 16.6. The largest absolute Gasteiger partial charge is 0.348 e. The number of nitrogens with zero attached hydrogens (tertiary/aromatic N) is 2. The standard InChI is InChI=1S/C22H26ClN3O3/c1-25(19-9-3-2-4-10-19)15-17-8-6-5-7-16(17)14-24-22(27)20-12-11-18(23)13-21(20)26(28)29/h5-8,11-13,19H,2-4,9-10,14-15H2,1H3,(H,24,27). The molecule has 0 bridgehead atoms. The Morgan fingerprint density at radius 1 is 1.17 bits per heavy atom. The maximum absolute atomic E-state index is 12.6. The highest BCUT2D eigenvalue weighted by atomic mass is 35.5. The molecule has 1 saturated carbocycles. The van der Waals surface area contributed by atoms with Crippen molar-refractivity contribution in [3.63, 3.8) is 0 Å². The van der Waals surface area contributed by atoms with Crippen molar-refractivity contribution in [1.29, 1.82) is 0 Å². The number of carbonyl (C=O) groups is 1. The average molecular weight is 416 g/mol. The van der Waals surface area contributed by atoms with Crippen LogP contribution in [-0.2, 0) is 13.1 Å².